The zero-order chi connectivity index (χ0) is 14.5. The highest BCUT2D eigenvalue weighted by Crippen LogP contribution is 2.32. The molecule has 2 rings (SSSR count). The van der Waals surface area contributed by atoms with Crippen molar-refractivity contribution in [1.82, 2.24) is 0 Å². The minimum Gasteiger partial charge on any atom is -0.0860 e. The first-order valence-electron chi connectivity index (χ1n) is 6.70. The van der Waals surface area contributed by atoms with Gasteiger partial charge in [0.25, 0.3) is 0 Å². The molecule has 20 heavy (non-hydrogen) atoms. The normalized spacial score (nSPS) is 10.4. The van der Waals surface area contributed by atoms with E-state index >= 15 is 0 Å². The van der Waals surface area contributed by atoms with Crippen molar-refractivity contribution < 1.29 is 0 Å². The summed E-state index contributed by atoms with van der Waals surface area (Å²) in [6.07, 6.45) is 1.12. The van der Waals surface area contributed by atoms with Crippen molar-refractivity contribution in [2.45, 2.75) is 20.3 Å². The number of halogens is 2. The molecule has 0 saturated heterocycles. The lowest BCUT2D eigenvalue weighted by Gasteiger charge is -2.13. The molecule has 0 N–H and O–H groups in total. The second-order valence-electron chi connectivity index (χ2n) is 4.95. The maximum atomic E-state index is 2.50. The van der Waals surface area contributed by atoms with Crippen LogP contribution in [0, 0.1) is 13.8 Å². The first kappa shape index (κ1) is 16.0. The minimum absolute atomic E-state index is 1.12. The first-order valence-corrected chi connectivity index (χ1v) is 9.31. The maximum absolute atomic E-state index is 2.50. The Bertz CT molecular complexity index is 545. The fraction of sp³-hybridized carbons (Fsp3) is 0.222. The fourth-order valence-corrected chi connectivity index (χ4v) is 4.59. The highest BCUT2D eigenvalue weighted by Gasteiger charge is 2.09. The summed E-state index contributed by atoms with van der Waals surface area (Å²) in [6, 6.07) is 17.7. The summed E-state index contributed by atoms with van der Waals surface area (Å²) in [5.41, 5.74) is 6.62. The quantitative estimate of drug-likeness (QED) is 0.349. The third kappa shape index (κ3) is 4.07. The number of benzene rings is 2. The van der Waals surface area contributed by atoms with Crippen molar-refractivity contribution >= 4 is 50.8 Å². The van der Waals surface area contributed by atoms with E-state index in [0.717, 1.165) is 10.8 Å². The average molecular weight is 488 g/mol. The standard InChI is InChI=1S/C18H18I2/c1-13-3-7-15(8-4-13)18(17(20)11-12-19)16-9-5-14(2)6-10-16/h3-10H,11-12H2,1-2H3. The van der Waals surface area contributed by atoms with E-state index in [4.69, 9.17) is 0 Å². The molecule has 0 saturated carbocycles. The lowest BCUT2D eigenvalue weighted by Crippen LogP contribution is -1.92. The first-order chi connectivity index (χ1) is 9.61. The second kappa shape index (κ2) is 7.59. The third-order valence-electron chi connectivity index (χ3n) is 3.27. The van der Waals surface area contributed by atoms with Crippen LogP contribution < -0.4 is 0 Å². The average Bonchev–Trinajstić information content (AvgIpc) is 2.44. The zero-order valence-electron chi connectivity index (χ0n) is 11.8. The van der Waals surface area contributed by atoms with Crippen molar-refractivity contribution in [3.63, 3.8) is 0 Å². The van der Waals surface area contributed by atoms with E-state index < -0.39 is 0 Å². The lowest BCUT2D eigenvalue weighted by molar-refractivity contribution is 1.26. The van der Waals surface area contributed by atoms with Crippen molar-refractivity contribution in [3.8, 4) is 0 Å². The number of aryl methyl sites for hydroxylation is 2. The number of hydrogen-bond acceptors (Lipinski definition) is 0. The van der Waals surface area contributed by atoms with Gasteiger partial charge in [-0.2, -0.15) is 0 Å². The van der Waals surface area contributed by atoms with E-state index in [1.54, 1.807) is 0 Å². The fourth-order valence-electron chi connectivity index (χ4n) is 2.13. The summed E-state index contributed by atoms with van der Waals surface area (Å²) in [7, 11) is 0. The van der Waals surface area contributed by atoms with Gasteiger partial charge in [-0.15, -0.1) is 0 Å². The zero-order valence-corrected chi connectivity index (χ0v) is 16.1. The van der Waals surface area contributed by atoms with E-state index in [2.05, 4.69) is 108 Å². The highest BCUT2D eigenvalue weighted by atomic mass is 127. The molecule has 0 bridgehead atoms. The van der Waals surface area contributed by atoms with Crippen LogP contribution in [0.5, 0.6) is 0 Å². The molecule has 0 amide bonds. The van der Waals surface area contributed by atoms with Gasteiger partial charge in [0.2, 0.25) is 0 Å². The summed E-state index contributed by atoms with van der Waals surface area (Å²) in [5, 5.41) is 0. The molecular formula is C18H18I2. The van der Waals surface area contributed by atoms with Crippen molar-refractivity contribution in [2.24, 2.45) is 0 Å². The predicted molar refractivity (Wildman–Crippen MR) is 106 cm³/mol. The summed E-state index contributed by atoms with van der Waals surface area (Å²) in [6.45, 7) is 4.27. The Morgan fingerprint density at radius 1 is 0.800 bits per heavy atom. The molecule has 0 spiro atoms. The molecule has 0 atom stereocenters. The van der Waals surface area contributed by atoms with E-state index in [1.165, 1.54) is 31.4 Å². The van der Waals surface area contributed by atoms with Gasteiger partial charge in [0, 0.05) is 4.43 Å². The smallest absolute Gasteiger partial charge is 0.00405 e. The number of allylic oxidation sites excluding steroid dienone is 1. The van der Waals surface area contributed by atoms with E-state index in [1.807, 2.05) is 0 Å². The van der Waals surface area contributed by atoms with Gasteiger partial charge >= 0.3 is 0 Å². The largest absolute Gasteiger partial charge is 0.0860 e. The van der Waals surface area contributed by atoms with Gasteiger partial charge in [-0.25, -0.2) is 0 Å². The summed E-state index contributed by atoms with van der Waals surface area (Å²) in [4.78, 5) is 0. The Kier molecular flexibility index (Phi) is 6.08. The van der Waals surface area contributed by atoms with E-state index in [-0.39, 0.29) is 0 Å². The molecule has 0 nitrogen and oxygen atoms in total. The van der Waals surface area contributed by atoms with Crippen molar-refractivity contribution in [2.75, 3.05) is 4.43 Å². The van der Waals surface area contributed by atoms with Crippen LogP contribution in [0.4, 0.5) is 0 Å². The van der Waals surface area contributed by atoms with Gasteiger partial charge in [-0.3, -0.25) is 0 Å². The molecule has 0 fully saturated rings. The Morgan fingerprint density at radius 3 is 1.55 bits per heavy atom. The van der Waals surface area contributed by atoms with Crippen LogP contribution in [0.3, 0.4) is 0 Å². The van der Waals surface area contributed by atoms with Crippen molar-refractivity contribution in [1.29, 1.82) is 0 Å². The molecule has 0 heterocycles. The predicted octanol–water partition coefficient (Wildman–Crippen LogP) is 6.32. The highest BCUT2D eigenvalue weighted by molar-refractivity contribution is 14.1. The lowest BCUT2D eigenvalue weighted by atomic mass is 9.95. The van der Waals surface area contributed by atoms with Gasteiger partial charge in [-0.1, -0.05) is 82.2 Å². The summed E-state index contributed by atoms with van der Waals surface area (Å²) in [5.74, 6) is 0. The molecule has 0 unspecified atom stereocenters. The van der Waals surface area contributed by atoms with E-state index in [9.17, 15) is 0 Å². The SMILES string of the molecule is Cc1ccc(C(=C(I)CCI)c2ccc(C)cc2)cc1. The van der Waals surface area contributed by atoms with Crippen LogP contribution >= 0.6 is 45.2 Å². The minimum atomic E-state index is 1.12. The molecule has 0 aliphatic rings. The number of alkyl halides is 1. The third-order valence-corrected chi connectivity index (χ3v) is 4.88. The molecule has 2 heteroatoms. The van der Waals surface area contributed by atoms with Crippen LogP contribution in [0.1, 0.15) is 28.7 Å². The van der Waals surface area contributed by atoms with Gasteiger partial charge in [-0.05, 0) is 63.1 Å². The monoisotopic (exact) mass is 488 g/mol. The molecule has 0 aliphatic heterocycles. The molecule has 0 aromatic heterocycles. The Morgan fingerprint density at radius 2 is 1.20 bits per heavy atom. The molecule has 2 aromatic rings. The molecule has 2 aromatic carbocycles. The second-order valence-corrected chi connectivity index (χ2v) is 7.33. The van der Waals surface area contributed by atoms with Crippen LogP contribution in [0.2, 0.25) is 0 Å². The van der Waals surface area contributed by atoms with Crippen molar-refractivity contribution in [3.05, 3.63) is 74.4 Å². The summed E-state index contributed by atoms with van der Waals surface area (Å²) >= 11 is 4.95. The van der Waals surface area contributed by atoms with Crippen LogP contribution in [0.25, 0.3) is 5.57 Å². The van der Waals surface area contributed by atoms with Gasteiger partial charge in [0.15, 0.2) is 0 Å². The molecule has 0 radical (unpaired) electrons. The van der Waals surface area contributed by atoms with E-state index in [0.29, 0.717) is 0 Å². The van der Waals surface area contributed by atoms with Crippen LogP contribution in [-0.2, 0) is 0 Å². The number of rotatable bonds is 4. The molecular weight excluding hydrogens is 470 g/mol. The van der Waals surface area contributed by atoms with Gasteiger partial charge < -0.3 is 0 Å². The Balaban J connectivity index is 2.53. The number of hydrogen-bond donors (Lipinski definition) is 0. The topological polar surface area (TPSA) is 0 Å². The van der Waals surface area contributed by atoms with Crippen LogP contribution in [0.15, 0.2) is 52.1 Å². The van der Waals surface area contributed by atoms with Gasteiger partial charge in [0.05, 0.1) is 0 Å². The molecule has 104 valence electrons. The Labute approximate surface area is 149 Å². The Hall–Kier alpha value is -0.360. The maximum Gasteiger partial charge on any atom is 0.00405 e. The van der Waals surface area contributed by atoms with Gasteiger partial charge in [0.1, 0.15) is 0 Å². The molecule has 0 aliphatic carbocycles. The summed E-state index contributed by atoms with van der Waals surface area (Å²) < 4.78 is 2.58. The van der Waals surface area contributed by atoms with Crippen LogP contribution in [-0.4, -0.2) is 4.43 Å².